The van der Waals surface area contributed by atoms with E-state index in [1.54, 1.807) is 31.2 Å². The number of carbonyl (C=O) groups excluding carboxylic acids is 2. The number of rotatable bonds is 12. The van der Waals surface area contributed by atoms with Gasteiger partial charge in [-0.25, -0.2) is 8.42 Å². The molecule has 0 bridgehead atoms. The Bertz CT molecular complexity index is 1270. The number of hydrogen-bond donors (Lipinski definition) is 1. The Morgan fingerprint density at radius 3 is 2.33 bits per heavy atom. The molecule has 0 aromatic heterocycles. The molecule has 13 heteroatoms. The Labute approximate surface area is 232 Å². The molecule has 0 saturated carbocycles. The highest BCUT2D eigenvalue weighted by molar-refractivity contribution is 7.92. The molecule has 8 nitrogen and oxygen atoms in total. The standard InChI is InChI=1S/C26H33ClF3N3O5S/c1-6-22(25(35)31-14-17(2)3)32(15-18-8-7-9-20(12-18)38-4)24(34)16-33(39(5,36)37)23-13-19(26(28,29)30)10-11-21(23)27/h7-13,17,22H,6,14-16H2,1-5H3,(H,31,35). The van der Waals surface area contributed by atoms with Gasteiger partial charge >= 0.3 is 6.18 Å². The SMILES string of the molecule is CCC(C(=O)NCC(C)C)N(Cc1cccc(OC)c1)C(=O)CN(c1cc(C(F)(F)F)ccc1Cl)S(C)(=O)=O. The monoisotopic (exact) mass is 591 g/mol. The second-order valence-electron chi connectivity index (χ2n) is 9.37. The molecule has 0 fully saturated rings. The van der Waals surface area contributed by atoms with Crippen molar-refractivity contribution in [2.75, 3.05) is 30.8 Å². The molecule has 0 aliphatic rings. The van der Waals surface area contributed by atoms with Crippen LogP contribution in [-0.2, 0) is 32.3 Å². The third kappa shape index (κ3) is 9.03. The first-order chi connectivity index (χ1) is 18.1. The third-order valence-corrected chi connectivity index (χ3v) is 7.22. The summed E-state index contributed by atoms with van der Waals surface area (Å²) in [5.74, 6) is -0.600. The Balaban J connectivity index is 2.54. The van der Waals surface area contributed by atoms with Crippen LogP contribution in [0.2, 0.25) is 5.02 Å². The fourth-order valence-electron chi connectivity index (χ4n) is 3.78. The number of hydrogen-bond acceptors (Lipinski definition) is 5. The van der Waals surface area contributed by atoms with Crippen molar-refractivity contribution < 1.29 is 35.9 Å². The van der Waals surface area contributed by atoms with E-state index in [0.29, 0.717) is 28.2 Å². The molecule has 0 aliphatic carbocycles. The molecule has 2 aromatic carbocycles. The molecule has 0 spiro atoms. The van der Waals surface area contributed by atoms with Crippen molar-refractivity contribution in [3.8, 4) is 5.75 Å². The largest absolute Gasteiger partial charge is 0.497 e. The van der Waals surface area contributed by atoms with Gasteiger partial charge in [0.05, 0.1) is 29.6 Å². The van der Waals surface area contributed by atoms with Gasteiger partial charge in [0.2, 0.25) is 21.8 Å². The molecule has 2 rings (SSSR count). The van der Waals surface area contributed by atoms with Crippen LogP contribution >= 0.6 is 11.6 Å². The van der Waals surface area contributed by atoms with Crippen LogP contribution in [0.3, 0.4) is 0 Å². The van der Waals surface area contributed by atoms with Crippen LogP contribution in [0.4, 0.5) is 18.9 Å². The molecular formula is C26H33ClF3N3O5S. The van der Waals surface area contributed by atoms with Crippen molar-refractivity contribution in [2.45, 2.75) is 46.0 Å². The summed E-state index contributed by atoms with van der Waals surface area (Å²) < 4.78 is 71.3. The highest BCUT2D eigenvalue weighted by Crippen LogP contribution is 2.36. The number of anilines is 1. The zero-order chi connectivity index (χ0) is 29.5. The molecule has 0 aliphatic heterocycles. The normalized spacial score (nSPS) is 12.7. The van der Waals surface area contributed by atoms with E-state index in [4.69, 9.17) is 16.3 Å². The topological polar surface area (TPSA) is 96.0 Å². The summed E-state index contributed by atoms with van der Waals surface area (Å²) in [4.78, 5) is 28.0. The van der Waals surface area contributed by atoms with Gasteiger partial charge < -0.3 is 15.0 Å². The summed E-state index contributed by atoms with van der Waals surface area (Å²) in [6, 6.07) is 8.00. The van der Waals surface area contributed by atoms with E-state index in [0.717, 1.165) is 18.4 Å². The van der Waals surface area contributed by atoms with Crippen LogP contribution in [0.1, 0.15) is 38.3 Å². The van der Waals surface area contributed by atoms with Gasteiger partial charge in [0, 0.05) is 13.1 Å². The van der Waals surface area contributed by atoms with Gasteiger partial charge in [0.1, 0.15) is 18.3 Å². The van der Waals surface area contributed by atoms with Crippen molar-refractivity contribution in [3.05, 3.63) is 58.6 Å². The lowest BCUT2D eigenvalue weighted by atomic mass is 10.1. The molecule has 39 heavy (non-hydrogen) atoms. The summed E-state index contributed by atoms with van der Waals surface area (Å²) in [5.41, 5.74) is -1.03. The summed E-state index contributed by atoms with van der Waals surface area (Å²) in [7, 11) is -2.80. The maximum atomic E-state index is 13.7. The van der Waals surface area contributed by atoms with Gasteiger partial charge in [-0.05, 0) is 48.2 Å². The van der Waals surface area contributed by atoms with Crippen molar-refractivity contribution in [1.29, 1.82) is 0 Å². The lowest BCUT2D eigenvalue weighted by molar-refractivity contribution is -0.140. The summed E-state index contributed by atoms with van der Waals surface area (Å²) >= 11 is 6.11. The molecule has 2 aromatic rings. The van der Waals surface area contributed by atoms with E-state index < -0.39 is 51.9 Å². The number of sulfonamides is 1. The van der Waals surface area contributed by atoms with E-state index in [-0.39, 0.29) is 23.9 Å². The first kappa shape index (κ1) is 32.2. The number of benzene rings is 2. The third-order valence-electron chi connectivity index (χ3n) is 5.78. The Morgan fingerprint density at radius 1 is 1.13 bits per heavy atom. The molecule has 1 atom stereocenters. The fraction of sp³-hybridized carbons (Fsp3) is 0.462. The summed E-state index contributed by atoms with van der Waals surface area (Å²) in [5, 5.41) is 2.50. The minimum absolute atomic E-state index is 0.0858. The maximum Gasteiger partial charge on any atom is 0.416 e. The Hall–Kier alpha value is -2.99. The van der Waals surface area contributed by atoms with E-state index in [1.165, 1.54) is 12.0 Å². The minimum Gasteiger partial charge on any atom is -0.497 e. The van der Waals surface area contributed by atoms with Crippen LogP contribution in [0.25, 0.3) is 0 Å². The van der Waals surface area contributed by atoms with Crippen LogP contribution < -0.4 is 14.4 Å². The number of halogens is 4. The molecule has 0 heterocycles. The van der Waals surface area contributed by atoms with Crippen LogP contribution in [-0.4, -0.2) is 57.6 Å². The molecule has 0 saturated heterocycles. The van der Waals surface area contributed by atoms with E-state index in [2.05, 4.69) is 5.32 Å². The summed E-state index contributed by atoms with van der Waals surface area (Å²) in [6.45, 7) is 4.90. The van der Waals surface area contributed by atoms with Gasteiger partial charge in [-0.1, -0.05) is 44.5 Å². The van der Waals surface area contributed by atoms with Crippen molar-refractivity contribution in [1.82, 2.24) is 10.2 Å². The number of carbonyl (C=O) groups is 2. The van der Waals surface area contributed by atoms with Gasteiger partial charge in [-0.3, -0.25) is 13.9 Å². The van der Waals surface area contributed by atoms with Crippen molar-refractivity contribution in [2.24, 2.45) is 5.92 Å². The van der Waals surface area contributed by atoms with Gasteiger partial charge in [0.25, 0.3) is 0 Å². The maximum absolute atomic E-state index is 13.7. The second kappa shape index (κ2) is 13.4. The fourth-order valence-corrected chi connectivity index (χ4v) is 4.91. The average molecular weight is 592 g/mol. The molecular weight excluding hydrogens is 559 g/mol. The number of amides is 2. The number of nitrogens with one attached hydrogen (secondary N) is 1. The van der Waals surface area contributed by atoms with Gasteiger partial charge in [-0.2, -0.15) is 13.2 Å². The lowest BCUT2D eigenvalue weighted by Crippen LogP contribution is -2.52. The molecule has 0 radical (unpaired) electrons. The molecule has 216 valence electrons. The number of methoxy groups -OCH3 is 1. The number of alkyl halides is 3. The molecule has 1 unspecified atom stereocenters. The predicted molar refractivity (Wildman–Crippen MR) is 144 cm³/mol. The van der Waals surface area contributed by atoms with Gasteiger partial charge in [-0.15, -0.1) is 0 Å². The van der Waals surface area contributed by atoms with Crippen molar-refractivity contribution >= 4 is 39.1 Å². The van der Waals surface area contributed by atoms with Crippen LogP contribution in [0, 0.1) is 5.92 Å². The highest BCUT2D eigenvalue weighted by atomic mass is 35.5. The number of nitrogens with zero attached hydrogens (tertiary/aromatic N) is 2. The van der Waals surface area contributed by atoms with E-state index in [9.17, 15) is 31.2 Å². The Kier molecular flexibility index (Phi) is 11.1. The van der Waals surface area contributed by atoms with Crippen LogP contribution in [0.5, 0.6) is 5.75 Å². The summed E-state index contributed by atoms with van der Waals surface area (Å²) in [6.07, 6.45) is -3.81. The quantitative estimate of drug-likeness (QED) is 0.386. The van der Waals surface area contributed by atoms with E-state index in [1.807, 2.05) is 13.8 Å². The van der Waals surface area contributed by atoms with Gasteiger partial charge in [0.15, 0.2) is 0 Å². The average Bonchev–Trinajstić information content (AvgIpc) is 2.85. The highest BCUT2D eigenvalue weighted by Gasteiger charge is 2.35. The zero-order valence-electron chi connectivity index (χ0n) is 22.4. The van der Waals surface area contributed by atoms with Crippen LogP contribution in [0.15, 0.2) is 42.5 Å². The Morgan fingerprint density at radius 2 is 1.79 bits per heavy atom. The second-order valence-corrected chi connectivity index (χ2v) is 11.7. The molecule has 2 amide bonds. The minimum atomic E-state index is -4.77. The first-order valence-corrected chi connectivity index (χ1v) is 14.4. The number of ether oxygens (including phenoxy) is 1. The predicted octanol–water partition coefficient (Wildman–Crippen LogP) is 4.71. The zero-order valence-corrected chi connectivity index (χ0v) is 24.0. The first-order valence-electron chi connectivity index (χ1n) is 12.1. The van der Waals surface area contributed by atoms with E-state index >= 15 is 0 Å². The smallest absolute Gasteiger partial charge is 0.416 e. The lowest BCUT2D eigenvalue weighted by Gasteiger charge is -2.33. The molecule has 1 N–H and O–H groups in total. The van der Waals surface area contributed by atoms with Crippen molar-refractivity contribution in [3.63, 3.8) is 0 Å².